The summed E-state index contributed by atoms with van der Waals surface area (Å²) < 4.78 is 13.4. The van der Waals surface area contributed by atoms with Crippen molar-refractivity contribution in [1.29, 1.82) is 0 Å². The van der Waals surface area contributed by atoms with Crippen molar-refractivity contribution < 1.29 is 9.32 Å². The van der Waals surface area contributed by atoms with E-state index in [1.54, 1.807) is 0 Å². The first-order chi connectivity index (χ1) is 16.1. The lowest BCUT2D eigenvalue weighted by Crippen LogP contribution is -2.49. The lowest BCUT2D eigenvalue weighted by Gasteiger charge is -2.42. The van der Waals surface area contributed by atoms with Crippen molar-refractivity contribution in [3.63, 3.8) is 0 Å². The van der Waals surface area contributed by atoms with Crippen LogP contribution in [0.25, 0.3) is 0 Å². The van der Waals surface area contributed by atoms with Gasteiger partial charge < -0.3 is 15.3 Å². The monoisotopic (exact) mass is 486 g/mol. The Morgan fingerprint density at radius 1 is 1.09 bits per heavy atom. The third-order valence-corrected chi connectivity index (χ3v) is 10.4. The van der Waals surface area contributed by atoms with E-state index in [0.717, 1.165) is 86.0 Å². The number of aromatic nitrogens is 2. The van der Waals surface area contributed by atoms with Crippen molar-refractivity contribution in [3.8, 4) is 0 Å². The molecule has 2 saturated carbocycles. The lowest BCUT2D eigenvalue weighted by molar-refractivity contribution is 0.143. The van der Waals surface area contributed by atoms with Gasteiger partial charge in [0.25, 0.3) is 0 Å². The molecule has 1 saturated heterocycles. The molecule has 2 N–H and O–H groups in total. The van der Waals surface area contributed by atoms with Crippen molar-refractivity contribution in [2.75, 3.05) is 29.9 Å². The van der Waals surface area contributed by atoms with Gasteiger partial charge in [-0.15, -0.1) is 0 Å². The zero-order chi connectivity index (χ0) is 22.6. The van der Waals surface area contributed by atoms with Crippen molar-refractivity contribution >= 4 is 34.2 Å². The average Bonchev–Trinajstić information content (AvgIpc) is 3.40. The van der Waals surface area contributed by atoms with Crippen molar-refractivity contribution in [2.45, 2.75) is 78.9 Å². The Labute approximate surface area is 202 Å². The third kappa shape index (κ3) is 3.76. The molecule has 1 aromatic heterocycles. The van der Waals surface area contributed by atoms with Crippen LogP contribution in [0.1, 0.15) is 74.5 Å². The Hall–Kier alpha value is -1.70. The summed E-state index contributed by atoms with van der Waals surface area (Å²) in [6, 6.07) is 8.22. The Morgan fingerprint density at radius 3 is 2.52 bits per heavy atom. The Bertz CT molecular complexity index is 1060. The van der Waals surface area contributed by atoms with E-state index >= 15 is 0 Å². The van der Waals surface area contributed by atoms with Gasteiger partial charge in [-0.05, 0) is 68.6 Å². The maximum atomic E-state index is 13.4. The molecule has 8 heteroatoms. The molecule has 0 spiro atoms. The molecule has 2 unspecified atom stereocenters. The quantitative estimate of drug-likeness (QED) is 0.643. The van der Waals surface area contributed by atoms with Crippen molar-refractivity contribution in [3.05, 3.63) is 40.5 Å². The highest BCUT2D eigenvalue weighted by Gasteiger charge is 2.47. The third-order valence-electron chi connectivity index (χ3n) is 8.28. The second-order valence-corrected chi connectivity index (χ2v) is 12.2. The largest absolute Gasteiger partial charge is 0.394 e. The maximum Gasteiger partial charge on any atom is 0.227 e. The van der Waals surface area contributed by atoms with Gasteiger partial charge in [-0.25, -0.2) is 4.98 Å². The van der Waals surface area contributed by atoms with E-state index in [4.69, 9.17) is 21.6 Å². The van der Waals surface area contributed by atoms with Crippen LogP contribution < -0.4 is 10.2 Å². The fraction of sp³-hybridized carbons (Fsp3) is 0.600. The summed E-state index contributed by atoms with van der Waals surface area (Å²) in [6.45, 7) is 1.87. The summed E-state index contributed by atoms with van der Waals surface area (Å²) in [7, 11) is -1.07. The Morgan fingerprint density at radius 2 is 1.85 bits per heavy atom. The van der Waals surface area contributed by atoms with E-state index in [9.17, 15) is 9.32 Å². The number of piperidine rings is 1. The molecule has 3 heterocycles. The van der Waals surface area contributed by atoms with E-state index in [2.05, 4.69) is 22.3 Å². The van der Waals surface area contributed by atoms with Crippen LogP contribution in [0, 0.1) is 0 Å². The highest BCUT2D eigenvalue weighted by Crippen LogP contribution is 2.50. The molecule has 0 bridgehead atoms. The molecule has 33 heavy (non-hydrogen) atoms. The predicted octanol–water partition coefficient (Wildman–Crippen LogP) is 4.60. The minimum absolute atomic E-state index is 0.0765. The summed E-state index contributed by atoms with van der Waals surface area (Å²) in [5, 5.41) is 14.5. The second-order valence-electron chi connectivity index (χ2n) is 10.2. The van der Waals surface area contributed by atoms with Crippen molar-refractivity contribution in [2.24, 2.45) is 0 Å². The van der Waals surface area contributed by atoms with Gasteiger partial charge in [0.2, 0.25) is 5.95 Å². The molecule has 6 rings (SSSR count). The highest BCUT2D eigenvalue weighted by atomic mass is 35.5. The number of nitrogens with zero attached hydrogens (tertiary/aromatic N) is 3. The molecule has 2 aliphatic heterocycles. The molecule has 0 radical (unpaired) electrons. The number of hydrogen-bond donors (Lipinski definition) is 2. The normalized spacial score (nSPS) is 28.3. The molecule has 0 amide bonds. The van der Waals surface area contributed by atoms with Crippen LogP contribution in [0.15, 0.2) is 29.2 Å². The number of fused-ring (bicyclic) bond motifs is 3. The fourth-order valence-corrected chi connectivity index (χ4v) is 8.17. The average molecular weight is 487 g/mol. The molecule has 3 fully saturated rings. The fourth-order valence-electron chi connectivity index (χ4n) is 6.10. The Kier molecular flexibility index (Phi) is 5.62. The van der Waals surface area contributed by atoms with Crippen LogP contribution >= 0.6 is 11.6 Å². The van der Waals surface area contributed by atoms with Crippen LogP contribution in [0.5, 0.6) is 0 Å². The number of anilines is 2. The lowest BCUT2D eigenvalue weighted by atomic mass is 9.77. The van der Waals surface area contributed by atoms with Gasteiger partial charge in [-0.1, -0.05) is 30.2 Å². The molecule has 176 valence electrons. The first-order valence-corrected chi connectivity index (χ1v) is 13.9. The van der Waals surface area contributed by atoms with Crippen molar-refractivity contribution in [1.82, 2.24) is 9.97 Å². The van der Waals surface area contributed by atoms with Gasteiger partial charge in [0.05, 0.1) is 28.6 Å². The van der Waals surface area contributed by atoms with Gasteiger partial charge in [0.15, 0.2) is 0 Å². The van der Waals surface area contributed by atoms with Crippen LogP contribution in [0.2, 0.25) is 5.02 Å². The number of aliphatic hydroxyl groups excluding tert-OH is 1. The molecule has 4 aliphatic rings. The zero-order valence-corrected chi connectivity index (χ0v) is 20.4. The van der Waals surface area contributed by atoms with E-state index in [-0.39, 0.29) is 23.3 Å². The molecule has 2 aliphatic carbocycles. The van der Waals surface area contributed by atoms with E-state index < -0.39 is 10.8 Å². The van der Waals surface area contributed by atoms with Crippen LogP contribution in [-0.2, 0) is 10.8 Å². The number of rotatable bonds is 5. The molecule has 6 nitrogen and oxygen atoms in total. The first kappa shape index (κ1) is 21.8. The second kappa shape index (κ2) is 8.51. The molecule has 1 aromatic carbocycles. The number of benzene rings is 1. The molecular weight excluding hydrogens is 456 g/mol. The summed E-state index contributed by atoms with van der Waals surface area (Å²) in [5.74, 6) is 2.25. The SMILES string of the molecule is O=[S@@]1c2c(NC3(CO)CCC3)nc(N3CCC(c4ccc(Cl)cc4)CC3)nc2C2CCCC21. The molecule has 2 aromatic rings. The summed E-state index contributed by atoms with van der Waals surface area (Å²) >= 11 is 6.07. The number of hydrogen-bond acceptors (Lipinski definition) is 6. The number of nitrogens with one attached hydrogen (secondary N) is 1. The zero-order valence-electron chi connectivity index (χ0n) is 18.8. The number of aliphatic hydroxyl groups is 1. The highest BCUT2D eigenvalue weighted by molar-refractivity contribution is 7.86. The van der Waals surface area contributed by atoms with Crippen LogP contribution in [0.3, 0.4) is 0 Å². The van der Waals surface area contributed by atoms with Gasteiger partial charge in [-0.3, -0.25) is 4.21 Å². The molecule has 3 atom stereocenters. The van der Waals surface area contributed by atoms with Gasteiger partial charge in [0.1, 0.15) is 10.7 Å². The summed E-state index contributed by atoms with van der Waals surface area (Å²) in [6.07, 6.45) is 8.21. The first-order valence-electron chi connectivity index (χ1n) is 12.3. The van der Waals surface area contributed by atoms with E-state index in [1.165, 1.54) is 5.56 Å². The Balaban J connectivity index is 1.29. The predicted molar refractivity (Wildman–Crippen MR) is 132 cm³/mol. The maximum absolute atomic E-state index is 13.4. The standard InChI is InChI=1S/C25H31ClN4O2S/c26-18-7-5-16(6-8-18)17-9-13-30(14-10-17)24-27-21-19-3-1-4-20(19)33(32)22(21)23(28-24)29-25(15-31)11-2-12-25/h5-8,17,19-20,31H,1-4,9-15H2,(H,27,28,29)/t19?,20?,33-/m0/s1. The van der Waals surface area contributed by atoms with Gasteiger partial charge >= 0.3 is 0 Å². The topological polar surface area (TPSA) is 78.3 Å². The minimum atomic E-state index is -1.07. The summed E-state index contributed by atoms with van der Waals surface area (Å²) in [4.78, 5) is 13.1. The van der Waals surface area contributed by atoms with Gasteiger partial charge in [-0.2, -0.15) is 4.98 Å². The molecular formula is C25H31ClN4O2S. The van der Waals surface area contributed by atoms with Crippen LogP contribution in [-0.4, -0.2) is 49.8 Å². The number of halogens is 1. The summed E-state index contributed by atoms with van der Waals surface area (Å²) in [5.41, 5.74) is 2.01. The smallest absolute Gasteiger partial charge is 0.227 e. The van der Waals surface area contributed by atoms with Crippen LogP contribution in [0.4, 0.5) is 11.8 Å². The van der Waals surface area contributed by atoms with E-state index in [1.807, 2.05) is 12.1 Å². The van der Waals surface area contributed by atoms with E-state index in [0.29, 0.717) is 11.7 Å². The minimum Gasteiger partial charge on any atom is -0.394 e. The van der Waals surface area contributed by atoms with Gasteiger partial charge in [0, 0.05) is 29.3 Å².